The molecule has 4 unspecified atom stereocenters. The summed E-state index contributed by atoms with van der Waals surface area (Å²) in [6.07, 6.45) is 23.9. The third-order valence-corrected chi connectivity index (χ3v) is 21.8. The van der Waals surface area contributed by atoms with E-state index in [4.69, 9.17) is 9.47 Å². The van der Waals surface area contributed by atoms with Crippen molar-refractivity contribution in [1.82, 2.24) is 0 Å². The second-order valence-corrected chi connectivity index (χ2v) is 26.3. The number of fused-ring (bicyclic) bond motifs is 5. The van der Waals surface area contributed by atoms with Gasteiger partial charge < -0.3 is 9.47 Å². The van der Waals surface area contributed by atoms with E-state index in [-0.39, 0.29) is 0 Å². The number of hydrogen-bond donors (Lipinski definition) is 0. The van der Waals surface area contributed by atoms with Crippen molar-refractivity contribution in [2.45, 2.75) is 141 Å². The van der Waals surface area contributed by atoms with E-state index in [2.05, 4.69) is 218 Å². The lowest BCUT2D eigenvalue weighted by molar-refractivity contribution is -0.866. The molecule has 6 heteroatoms. The molecule has 11 rings (SSSR count). The molecule has 3 heterocycles. The molecule has 7 aromatic rings. The molecule has 0 amide bonds. The van der Waals surface area contributed by atoms with Crippen LogP contribution >= 0.6 is 15.8 Å². The normalized spacial score (nSPS) is 18.8. The van der Waals surface area contributed by atoms with E-state index in [1.807, 2.05) is 0 Å². The van der Waals surface area contributed by atoms with E-state index in [0.29, 0.717) is 23.9 Å². The van der Waals surface area contributed by atoms with E-state index >= 15 is 0 Å². The molecule has 4 nitrogen and oxygen atoms in total. The first-order valence-corrected chi connectivity index (χ1v) is 31.2. The standard InChI is InChI=1S/C68H76N2O2P2/c1-4-5-29-54(30-23-28-53-26-11-6-12-27-53)56-45-51(2)66-58(47-56)49-69-64-41-21-22-42-65(64)70-50-59-48-57(46-52(3)67(59)72-68(69,70)71-66)55(31-24-43-73(60-33-13-7-14-34-60)61-35-15-8-16-36-61)32-25-44-74(62-37-17-9-18-38-62)63-39-19-10-20-40-63/h6-20,26-27,33-40,45-50,54-55,64-65H,4-5,21-25,28-32,41-44H2,1-3H3/q+2. The maximum absolute atomic E-state index is 7.54. The minimum atomic E-state index is -1.05. The Labute approximate surface area is 445 Å². The molecule has 1 aliphatic carbocycles. The summed E-state index contributed by atoms with van der Waals surface area (Å²) in [6, 6.07) is 65.6. The van der Waals surface area contributed by atoms with Crippen LogP contribution in [-0.4, -0.2) is 52.0 Å². The van der Waals surface area contributed by atoms with Crippen molar-refractivity contribution < 1.29 is 18.6 Å². The van der Waals surface area contributed by atoms with Gasteiger partial charge in [0.15, 0.2) is 23.9 Å². The van der Waals surface area contributed by atoms with Crippen LogP contribution in [0.25, 0.3) is 0 Å². The minimum Gasteiger partial charge on any atom is -0.340 e. The van der Waals surface area contributed by atoms with Crippen molar-refractivity contribution in [2.24, 2.45) is 0 Å². The van der Waals surface area contributed by atoms with E-state index in [9.17, 15) is 0 Å². The van der Waals surface area contributed by atoms with Gasteiger partial charge in [-0.1, -0.05) is 193 Å². The third-order valence-electron chi connectivity index (χ3n) is 16.6. The molecule has 0 aromatic heterocycles. The predicted molar refractivity (Wildman–Crippen MR) is 314 cm³/mol. The highest BCUT2D eigenvalue weighted by atomic mass is 31.1. The fourth-order valence-corrected chi connectivity index (χ4v) is 17.6. The van der Waals surface area contributed by atoms with Gasteiger partial charge in [-0.05, 0) is 179 Å². The molecule has 4 atom stereocenters. The first-order chi connectivity index (χ1) is 36.5. The van der Waals surface area contributed by atoms with Crippen LogP contribution in [0.4, 0.5) is 0 Å². The molecule has 74 heavy (non-hydrogen) atoms. The number of rotatable bonds is 21. The SMILES string of the molecule is CCCCC(CCCc1ccccc1)c1cc(C)c2c(c1)C=[N+]1C3CCCCC3[N+]3=Cc4cc(C(CCCP(c5ccccc5)c5ccccc5)CCCP(c5ccccc5)c5ccccc5)cc(C)c4OC13O2. The summed E-state index contributed by atoms with van der Waals surface area (Å²) in [6.45, 7) is 6.87. The molecule has 1 spiro atoms. The van der Waals surface area contributed by atoms with Crippen molar-refractivity contribution in [1.29, 1.82) is 0 Å². The molecule has 0 radical (unpaired) electrons. The number of benzene rings is 7. The van der Waals surface area contributed by atoms with Gasteiger partial charge in [0.05, 0.1) is 11.1 Å². The van der Waals surface area contributed by atoms with E-state index < -0.39 is 21.9 Å². The fraction of sp³-hybridized carbons (Fsp3) is 0.353. The molecule has 7 aromatic carbocycles. The first kappa shape index (κ1) is 50.5. The summed E-state index contributed by atoms with van der Waals surface area (Å²) in [7, 11) is -0.924. The van der Waals surface area contributed by atoms with E-state index in [1.165, 1.54) is 130 Å². The Morgan fingerprint density at radius 1 is 0.486 bits per heavy atom. The van der Waals surface area contributed by atoms with Crippen LogP contribution in [0.3, 0.4) is 0 Å². The van der Waals surface area contributed by atoms with Crippen LogP contribution < -0.4 is 30.7 Å². The lowest BCUT2D eigenvalue weighted by Crippen LogP contribution is -2.60. The average molecular weight is 1020 g/mol. The number of aryl methyl sites for hydroxylation is 3. The Morgan fingerprint density at radius 3 is 1.27 bits per heavy atom. The summed E-state index contributed by atoms with van der Waals surface area (Å²) in [5.41, 5.74) is 9.16. The molecule has 1 saturated heterocycles. The number of ether oxygens (including phenoxy) is 2. The van der Waals surface area contributed by atoms with Crippen molar-refractivity contribution in [2.75, 3.05) is 12.3 Å². The molecule has 378 valence electrons. The summed E-state index contributed by atoms with van der Waals surface area (Å²) < 4.78 is 20.0. The van der Waals surface area contributed by atoms with Crippen LogP contribution in [0.15, 0.2) is 176 Å². The highest BCUT2D eigenvalue weighted by Gasteiger charge is 2.76. The van der Waals surface area contributed by atoms with E-state index in [0.717, 1.165) is 43.6 Å². The lowest BCUT2D eigenvalue weighted by atomic mass is 9.86. The zero-order valence-corrected chi connectivity index (χ0v) is 45.9. The van der Waals surface area contributed by atoms with Gasteiger partial charge in [0, 0.05) is 12.8 Å². The number of unbranched alkanes of at least 4 members (excludes halogenated alkanes) is 1. The zero-order chi connectivity index (χ0) is 50.3. The van der Waals surface area contributed by atoms with Gasteiger partial charge in [-0.25, -0.2) is 0 Å². The molecule has 4 aliphatic rings. The minimum absolute atomic E-state index is 0.308. The topological polar surface area (TPSA) is 24.5 Å². The highest BCUT2D eigenvalue weighted by molar-refractivity contribution is 7.73. The smallest absolute Gasteiger partial charge is 0.340 e. The summed E-state index contributed by atoms with van der Waals surface area (Å²) in [5.74, 6) is 2.89. The molecular weight excluding hydrogens is 939 g/mol. The predicted octanol–water partition coefficient (Wildman–Crippen LogP) is 14.8. The molecule has 3 aliphatic heterocycles. The van der Waals surface area contributed by atoms with Gasteiger partial charge >= 0.3 is 6.03 Å². The van der Waals surface area contributed by atoms with Crippen LogP contribution in [0, 0.1) is 13.8 Å². The monoisotopic (exact) mass is 1010 g/mol. The van der Waals surface area contributed by atoms with Crippen LogP contribution in [0.2, 0.25) is 0 Å². The number of nitrogens with zero attached hydrogens (tertiary/aromatic N) is 2. The van der Waals surface area contributed by atoms with Crippen LogP contribution in [0.1, 0.15) is 141 Å². The molecule has 0 bridgehead atoms. The molecule has 1 saturated carbocycles. The Kier molecular flexibility index (Phi) is 16.0. The van der Waals surface area contributed by atoms with Gasteiger partial charge in [-0.15, -0.1) is 0 Å². The maximum Gasteiger partial charge on any atom is 0.704 e. The number of hydrogen-bond acceptors (Lipinski definition) is 2. The quantitative estimate of drug-likeness (QED) is 0.0529. The van der Waals surface area contributed by atoms with Crippen LogP contribution in [0.5, 0.6) is 11.5 Å². The van der Waals surface area contributed by atoms with E-state index in [1.54, 1.807) is 0 Å². The largest absolute Gasteiger partial charge is 0.704 e. The van der Waals surface area contributed by atoms with Crippen molar-refractivity contribution >= 4 is 49.5 Å². The second kappa shape index (κ2) is 23.5. The highest BCUT2D eigenvalue weighted by Crippen LogP contribution is 2.48. The molecule has 0 N–H and O–H groups in total. The summed E-state index contributed by atoms with van der Waals surface area (Å²) >= 11 is 0. The lowest BCUT2D eigenvalue weighted by Gasteiger charge is -2.30. The molecule has 2 fully saturated rings. The van der Waals surface area contributed by atoms with Crippen molar-refractivity contribution in [3.63, 3.8) is 0 Å². The summed E-state index contributed by atoms with van der Waals surface area (Å²) in [5, 5.41) is 5.88. The Hall–Kier alpha value is -5.66. The maximum atomic E-state index is 7.54. The first-order valence-electron chi connectivity index (χ1n) is 28.2. The second-order valence-electron chi connectivity index (χ2n) is 21.6. The summed E-state index contributed by atoms with van der Waals surface area (Å²) in [4.78, 5) is 0. The Morgan fingerprint density at radius 2 is 0.865 bits per heavy atom. The Balaban J connectivity index is 0.903. The van der Waals surface area contributed by atoms with Gasteiger partial charge in [-0.2, -0.15) is 0 Å². The van der Waals surface area contributed by atoms with Crippen molar-refractivity contribution in [3.05, 3.63) is 215 Å². The zero-order valence-electron chi connectivity index (χ0n) is 44.1. The third kappa shape index (κ3) is 10.9. The van der Waals surface area contributed by atoms with Gasteiger partial charge in [-0.3, -0.25) is 0 Å². The van der Waals surface area contributed by atoms with Gasteiger partial charge in [0.1, 0.15) is 0 Å². The van der Waals surface area contributed by atoms with Gasteiger partial charge in [0.25, 0.3) is 0 Å². The van der Waals surface area contributed by atoms with Gasteiger partial charge in [0.2, 0.25) is 12.1 Å². The fourth-order valence-electron chi connectivity index (χ4n) is 12.9. The average Bonchev–Trinajstić information content (AvgIpc) is 3.73. The van der Waals surface area contributed by atoms with Crippen molar-refractivity contribution in [3.8, 4) is 11.5 Å². The molecular formula is C68H76N2O2P2+2. The van der Waals surface area contributed by atoms with Crippen LogP contribution in [-0.2, 0) is 6.42 Å². The Bertz CT molecular complexity index is 2870.